The Bertz CT molecular complexity index is 685. The summed E-state index contributed by atoms with van der Waals surface area (Å²) in [4.78, 5) is 26.3. The first-order chi connectivity index (χ1) is 9.95. The van der Waals surface area contributed by atoms with Crippen LogP contribution in [0.15, 0.2) is 32.8 Å². The Morgan fingerprint density at radius 2 is 2.29 bits per heavy atom. The molecule has 0 radical (unpaired) electrons. The van der Waals surface area contributed by atoms with Crippen LogP contribution >= 0.6 is 23.1 Å². The van der Waals surface area contributed by atoms with Crippen LogP contribution in [0.25, 0.3) is 0 Å². The van der Waals surface area contributed by atoms with E-state index in [0.29, 0.717) is 10.5 Å². The third-order valence-corrected chi connectivity index (χ3v) is 4.58. The second-order valence-electron chi connectivity index (χ2n) is 4.20. The average Bonchev–Trinajstić information content (AvgIpc) is 2.82. The first-order valence-electron chi connectivity index (χ1n) is 5.96. The molecule has 0 aliphatic carbocycles. The fourth-order valence-electron chi connectivity index (χ4n) is 1.54. The van der Waals surface area contributed by atoms with E-state index in [1.165, 1.54) is 36.1 Å². The summed E-state index contributed by atoms with van der Waals surface area (Å²) < 4.78 is 5.60. The van der Waals surface area contributed by atoms with Gasteiger partial charge in [0.15, 0.2) is 4.34 Å². The van der Waals surface area contributed by atoms with Gasteiger partial charge in [-0.3, -0.25) is 14.9 Å². The maximum Gasteiger partial charge on any atom is 0.302 e. The summed E-state index contributed by atoms with van der Waals surface area (Å²) in [5.74, 6) is -0.422. The number of aryl methyl sites for hydroxylation is 1. The SMILES string of the molecule is CC(=O)OCc1ccc(Sc2nc(C)cs2)c([N+](=O)[O-])c1. The van der Waals surface area contributed by atoms with Crippen molar-refractivity contribution in [2.45, 2.75) is 29.7 Å². The molecule has 6 nitrogen and oxygen atoms in total. The molecule has 8 heteroatoms. The Labute approximate surface area is 129 Å². The molecular formula is C13H12N2O4S2. The number of thiazole rings is 1. The van der Waals surface area contributed by atoms with Crippen molar-refractivity contribution in [2.24, 2.45) is 0 Å². The summed E-state index contributed by atoms with van der Waals surface area (Å²) in [7, 11) is 0. The van der Waals surface area contributed by atoms with Crippen molar-refractivity contribution < 1.29 is 14.5 Å². The standard InChI is InChI=1S/C13H12N2O4S2/c1-8-7-20-13(14-8)21-12-4-3-10(6-19-9(2)16)5-11(12)15(17)18/h3-5,7H,6H2,1-2H3. The lowest BCUT2D eigenvalue weighted by Gasteiger charge is -2.05. The lowest BCUT2D eigenvalue weighted by atomic mass is 10.2. The Morgan fingerprint density at radius 3 is 2.86 bits per heavy atom. The Hall–Kier alpha value is -1.93. The molecule has 110 valence electrons. The number of nitrogens with zero attached hydrogens (tertiary/aromatic N) is 2. The summed E-state index contributed by atoms with van der Waals surface area (Å²) in [6.45, 7) is 3.19. The number of benzene rings is 1. The number of carbonyl (C=O) groups excluding carboxylic acids is 1. The second-order valence-corrected chi connectivity index (χ2v) is 6.34. The monoisotopic (exact) mass is 324 g/mol. The number of carbonyl (C=O) groups is 1. The van der Waals surface area contributed by atoms with Gasteiger partial charge in [0.25, 0.3) is 5.69 Å². The van der Waals surface area contributed by atoms with Crippen LogP contribution in [-0.4, -0.2) is 15.9 Å². The third-order valence-electron chi connectivity index (χ3n) is 2.46. The molecular weight excluding hydrogens is 312 g/mol. The largest absolute Gasteiger partial charge is 0.461 e. The van der Waals surface area contributed by atoms with Crippen molar-refractivity contribution in [3.05, 3.63) is 45.0 Å². The van der Waals surface area contributed by atoms with Crippen molar-refractivity contribution in [2.75, 3.05) is 0 Å². The van der Waals surface area contributed by atoms with E-state index in [0.717, 1.165) is 10.0 Å². The van der Waals surface area contributed by atoms with Crippen molar-refractivity contribution >= 4 is 34.8 Å². The number of nitro benzene ring substituents is 1. The van der Waals surface area contributed by atoms with E-state index in [-0.39, 0.29) is 12.3 Å². The number of aromatic nitrogens is 1. The number of hydrogen-bond donors (Lipinski definition) is 0. The Morgan fingerprint density at radius 1 is 1.52 bits per heavy atom. The normalized spacial score (nSPS) is 10.4. The van der Waals surface area contributed by atoms with Crippen LogP contribution in [0.5, 0.6) is 0 Å². The molecule has 2 aromatic rings. The fraction of sp³-hybridized carbons (Fsp3) is 0.231. The van der Waals surface area contributed by atoms with E-state index in [1.54, 1.807) is 12.1 Å². The summed E-state index contributed by atoms with van der Waals surface area (Å²) in [6, 6.07) is 4.78. The minimum Gasteiger partial charge on any atom is -0.461 e. The van der Waals surface area contributed by atoms with Crippen LogP contribution in [0.2, 0.25) is 0 Å². The molecule has 2 rings (SSSR count). The molecule has 0 amide bonds. The molecule has 1 heterocycles. The van der Waals surface area contributed by atoms with Crippen molar-refractivity contribution in [1.29, 1.82) is 0 Å². The molecule has 0 atom stereocenters. The smallest absolute Gasteiger partial charge is 0.302 e. The van der Waals surface area contributed by atoms with E-state index in [4.69, 9.17) is 4.74 Å². The van der Waals surface area contributed by atoms with Gasteiger partial charge in [-0.1, -0.05) is 17.8 Å². The van der Waals surface area contributed by atoms with Gasteiger partial charge in [0.05, 0.1) is 9.82 Å². The van der Waals surface area contributed by atoms with Gasteiger partial charge in [-0.15, -0.1) is 11.3 Å². The van der Waals surface area contributed by atoms with Crippen LogP contribution in [0.1, 0.15) is 18.2 Å². The maximum atomic E-state index is 11.2. The average molecular weight is 324 g/mol. The zero-order valence-electron chi connectivity index (χ0n) is 11.4. The molecule has 0 saturated heterocycles. The Balaban J connectivity index is 2.24. The highest BCUT2D eigenvalue weighted by Gasteiger charge is 2.17. The van der Waals surface area contributed by atoms with E-state index in [1.807, 2.05) is 12.3 Å². The van der Waals surface area contributed by atoms with Gasteiger partial charge in [0, 0.05) is 24.1 Å². The molecule has 0 saturated carbocycles. The third kappa shape index (κ3) is 4.27. The quantitative estimate of drug-likeness (QED) is 0.475. The molecule has 0 N–H and O–H groups in total. The topological polar surface area (TPSA) is 82.3 Å². The first-order valence-corrected chi connectivity index (χ1v) is 7.66. The van der Waals surface area contributed by atoms with Crippen LogP contribution in [0.3, 0.4) is 0 Å². The number of hydrogen-bond acceptors (Lipinski definition) is 7. The van der Waals surface area contributed by atoms with Crippen molar-refractivity contribution in [3.63, 3.8) is 0 Å². The van der Waals surface area contributed by atoms with Gasteiger partial charge >= 0.3 is 5.97 Å². The highest BCUT2D eigenvalue weighted by molar-refractivity contribution is 8.01. The van der Waals surface area contributed by atoms with Gasteiger partial charge in [0.1, 0.15) is 6.61 Å². The molecule has 0 unspecified atom stereocenters. The van der Waals surface area contributed by atoms with Gasteiger partial charge in [-0.25, -0.2) is 4.98 Å². The van der Waals surface area contributed by atoms with Gasteiger partial charge in [-0.05, 0) is 18.6 Å². The summed E-state index contributed by atoms with van der Waals surface area (Å²) in [5, 5.41) is 13.1. The molecule has 1 aromatic heterocycles. The van der Waals surface area contributed by atoms with Crippen molar-refractivity contribution in [3.8, 4) is 0 Å². The zero-order chi connectivity index (χ0) is 15.4. The van der Waals surface area contributed by atoms with Crippen LogP contribution in [0.4, 0.5) is 5.69 Å². The molecule has 0 bridgehead atoms. The maximum absolute atomic E-state index is 11.2. The van der Waals surface area contributed by atoms with E-state index in [9.17, 15) is 14.9 Å². The fourth-order valence-corrected chi connectivity index (χ4v) is 3.42. The summed E-state index contributed by atoms with van der Waals surface area (Å²) in [5.41, 5.74) is 1.45. The van der Waals surface area contributed by atoms with E-state index >= 15 is 0 Å². The number of esters is 1. The Kier molecular flexibility index (Phi) is 4.92. The first kappa shape index (κ1) is 15.5. The highest BCUT2D eigenvalue weighted by atomic mass is 32.2. The number of rotatable bonds is 5. The van der Waals surface area contributed by atoms with Crippen LogP contribution in [0, 0.1) is 17.0 Å². The van der Waals surface area contributed by atoms with Gasteiger partial charge in [-0.2, -0.15) is 0 Å². The van der Waals surface area contributed by atoms with E-state index in [2.05, 4.69) is 4.98 Å². The molecule has 0 aliphatic rings. The van der Waals surface area contributed by atoms with E-state index < -0.39 is 10.9 Å². The van der Waals surface area contributed by atoms with Crippen LogP contribution < -0.4 is 0 Å². The molecule has 0 aliphatic heterocycles. The van der Waals surface area contributed by atoms with Crippen molar-refractivity contribution in [1.82, 2.24) is 4.98 Å². The van der Waals surface area contributed by atoms with Crippen LogP contribution in [-0.2, 0) is 16.1 Å². The second kappa shape index (κ2) is 6.68. The predicted octanol–water partition coefficient (Wildman–Crippen LogP) is 3.57. The number of nitro groups is 1. The molecule has 21 heavy (non-hydrogen) atoms. The van der Waals surface area contributed by atoms with Gasteiger partial charge in [0.2, 0.25) is 0 Å². The lowest BCUT2D eigenvalue weighted by molar-refractivity contribution is -0.387. The molecule has 0 spiro atoms. The molecule has 1 aromatic carbocycles. The highest BCUT2D eigenvalue weighted by Crippen LogP contribution is 2.36. The van der Waals surface area contributed by atoms with Gasteiger partial charge < -0.3 is 4.74 Å². The molecule has 0 fully saturated rings. The number of ether oxygens (including phenoxy) is 1. The summed E-state index contributed by atoms with van der Waals surface area (Å²) >= 11 is 2.70. The summed E-state index contributed by atoms with van der Waals surface area (Å²) in [6.07, 6.45) is 0. The predicted molar refractivity (Wildman–Crippen MR) is 79.5 cm³/mol. The lowest BCUT2D eigenvalue weighted by Crippen LogP contribution is -2.00. The minimum absolute atomic E-state index is 0.0162. The zero-order valence-corrected chi connectivity index (χ0v) is 13.0. The minimum atomic E-state index is -0.444.